The van der Waals surface area contributed by atoms with Crippen molar-refractivity contribution >= 4 is 28.8 Å². The number of carbonyl (C=O) groups excluding carboxylic acids is 2. The van der Waals surface area contributed by atoms with Crippen LogP contribution in [0, 0.1) is 0 Å². The number of methoxy groups -OCH3 is 1. The molecular formula is C26H29N3O3S. The lowest BCUT2D eigenvalue weighted by Crippen LogP contribution is -2.40. The number of ether oxygens (including phenoxy) is 1. The molecule has 0 aliphatic carbocycles. The molecule has 2 heterocycles. The molecule has 1 aliphatic rings. The van der Waals surface area contributed by atoms with Gasteiger partial charge in [-0.05, 0) is 79.3 Å². The summed E-state index contributed by atoms with van der Waals surface area (Å²) < 4.78 is 5.30. The van der Waals surface area contributed by atoms with E-state index in [1.165, 1.54) is 36.2 Å². The number of rotatable bonds is 8. The summed E-state index contributed by atoms with van der Waals surface area (Å²) in [6.07, 6.45) is 3.62. The van der Waals surface area contributed by atoms with Crippen molar-refractivity contribution in [2.24, 2.45) is 0 Å². The molecular weight excluding hydrogens is 434 g/mol. The molecule has 7 heteroatoms. The summed E-state index contributed by atoms with van der Waals surface area (Å²) in [5.41, 5.74) is 2.40. The van der Waals surface area contributed by atoms with Crippen LogP contribution in [0.2, 0.25) is 0 Å². The third-order valence-corrected chi connectivity index (χ3v) is 6.81. The van der Waals surface area contributed by atoms with Crippen LogP contribution in [0.1, 0.15) is 50.9 Å². The Bertz CT molecular complexity index is 1040. The number of likely N-dealkylation sites (tertiary alicyclic amines) is 1. The highest BCUT2D eigenvalue weighted by Crippen LogP contribution is 2.26. The summed E-state index contributed by atoms with van der Waals surface area (Å²) in [5, 5.41) is 7.83. The first kappa shape index (κ1) is 23.0. The van der Waals surface area contributed by atoms with E-state index in [1.54, 1.807) is 37.4 Å². The van der Waals surface area contributed by atoms with Gasteiger partial charge in [0.2, 0.25) is 0 Å². The van der Waals surface area contributed by atoms with Crippen LogP contribution in [0.25, 0.3) is 0 Å². The van der Waals surface area contributed by atoms with Crippen molar-refractivity contribution < 1.29 is 14.3 Å². The Morgan fingerprint density at radius 1 is 0.970 bits per heavy atom. The second-order valence-corrected chi connectivity index (χ2v) is 9.05. The zero-order valence-corrected chi connectivity index (χ0v) is 19.6. The third kappa shape index (κ3) is 6.00. The average molecular weight is 464 g/mol. The van der Waals surface area contributed by atoms with E-state index in [0.717, 1.165) is 18.8 Å². The minimum atomic E-state index is -0.147. The molecule has 4 rings (SSSR count). The number of hydrogen-bond acceptors (Lipinski definition) is 5. The van der Waals surface area contributed by atoms with Crippen molar-refractivity contribution in [3.63, 3.8) is 0 Å². The molecule has 0 unspecified atom stereocenters. The Morgan fingerprint density at radius 3 is 2.33 bits per heavy atom. The number of piperidine rings is 1. The van der Waals surface area contributed by atoms with E-state index >= 15 is 0 Å². The first-order chi connectivity index (χ1) is 16.1. The zero-order valence-electron chi connectivity index (χ0n) is 18.8. The standard InChI is InChI=1S/C26H29N3O3S/c1-32-22-13-9-19(10-14-22)23(29-15-3-2-4-16-29)18-27-25(30)20-7-11-21(12-8-20)28-26(31)24-6-5-17-33-24/h5-14,17,23H,2-4,15-16,18H2,1H3,(H,27,30)(H,28,31)/t23-/m1/s1. The monoisotopic (exact) mass is 463 g/mol. The van der Waals surface area contributed by atoms with Crippen LogP contribution in [0.3, 0.4) is 0 Å². The first-order valence-electron chi connectivity index (χ1n) is 11.2. The number of hydrogen-bond donors (Lipinski definition) is 2. The van der Waals surface area contributed by atoms with Crippen LogP contribution in [0.5, 0.6) is 5.75 Å². The maximum Gasteiger partial charge on any atom is 0.265 e. The summed E-state index contributed by atoms with van der Waals surface area (Å²) in [4.78, 5) is 28.2. The minimum Gasteiger partial charge on any atom is -0.497 e. The lowest BCUT2D eigenvalue weighted by Gasteiger charge is -2.35. The molecule has 1 atom stereocenters. The number of nitrogens with one attached hydrogen (secondary N) is 2. The number of anilines is 1. The van der Waals surface area contributed by atoms with Crippen LogP contribution >= 0.6 is 11.3 Å². The van der Waals surface area contributed by atoms with Gasteiger partial charge in [0, 0.05) is 17.8 Å². The van der Waals surface area contributed by atoms with Gasteiger partial charge in [0.25, 0.3) is 11.8 Å². The summed E-state index contributed by atoms with van der Waals surface area (Å²) >= 11 is 1.39. The summed E-state index contributed by atoms with van der Waals surface area (Å²) in [5.74, 6) is 0.555. The molecule has 1 aromatic heterocycles. The highest BCUT2D eigenvalue weighted by molar-refractivity contribution is 7.12. The Hall–Kier alpha value is -3.16. The second-order valence-electron chi connectivity index (χ2n) is 8.10. The molecule has 1 aliphatic heterocycles. The average Bonchev–Trinajstić information content (AvgIpc) is 3.41. The van der Waals surface area contributed by atoms with Crippen LogP contribution in [0.15, 0.2) is 66.0 Å². The van der Waals surface area contributed by atoms with Gasteiger partial charge in [-0.2, -0.15) is 0 Å². The molecule has 0 spiro atoms. The molecule has 3 aromatic rings. The third-order valence-electron chi connectivity index (χ3n) is 5.94. The number of thiophene rings is 1. The summed E-state index contributed by atoms with van der Waals surface area (Å²) in [7, 11) is 1.66. The number of nitrogens with zero attached hydrogens (tertiary/aromatic N) is 1. The fourth-order valence-electron chi connectivity index (χ4n) is 4.11. The molecule has 0 radical (unpaired) electrons. The van der Waals surface area contributed by atoms with Crippen molar-refractivity contribution in [1.29, 1.82) is 0 Å². The van der Waals surface area contributed by atoms with Crippen LogP contribution < -0.4 is 15.4 Å². The molecule has 0 saturated carbocycles. The maximum atomic E-state index is 12.8. The SMILES string of the molecule is COc1ccc([C@@H](CNC(=O)c2ccc(NC(=O)c3cccs3)cc2)N2CCCCC2)cc1. The molecule has 2 amide bonds. The lowest BCUT2D eigenvalue weighted by molar-refractivity contribution is 0.0924. The second kappa shape index (κ2) is 11.1. The molecule has 1 fully saturated rings. The van der Waals surface area contributed by atoms with Crippen LogP contribution in [-0.4, -0.2) is 43.5 Å². The fourth-order valence-corrected chi connectivity index (χ4v) is 4.73. The zero-order chi connectivity index (χ0) is 23.0. The Labute approximate surface area is 198 Å². The van der Waals surface area contributed by atoms with Gasteiger partial charge >= 0.3 is 0 Å². The molecule has 2 N–H and O–H groups in total. The van der Waals surface area contributed by atoms with Gasteiger partial charge in [0.1, 0.15) is 5.75 Å². The quantitative estimate of drug-likeness (QED) is 0.495. The van der Waals surface area contributed by atoms with E-state index in [0.29, 0.717) is 22.7 Å². The van der Waals surface area contributed by atoms with Crippen molar-refractivity contribution in [3.8, 4) is 5.75 Å². The van der Waals surface area contributed by atoms with Crippen LogP contribution in [-0.2, 0) is 0 Å². The molecule has 1 saturated heterocycles. The maximum absolute atomic E-state index is 12.8. The topological polar surface area (TPSA) is 70.7 Å². The van der Waals surface area contributed by atoms with Crippen LogP contribution in [0.4, 0.5) is 5.69 Å². The molecule has 2 aromatic carbocycles. The number of benzene rings is 2. The largest absolute Gasteiger partial charge is 0.497 e. The van der Waals surface area contributed by atoms with E-state index < -0.39 is 0 Å². The predicted molar refractivity (Wildman–Crippen MR) is 132 cm³/mol. The van der Waals surface area contributed by atoms with Crippen molar-refractivity contribution in [1.82, 2.24) is 10.2 Å². The van der Waals surface area contributed by atoms with E-state index in [-0.39, 0.29) is 17.9 Å². The van der Waals surface area contributed by atoms with Gasteiger partial charge in [-0.1, -0.05) is 24.6 Å². The van der Waals surface area contributed by atoms with Gasteiger partial charge in [0.05, 0.1) is 18.0 Å². The van der Waals surface area contributed by atoms with Gasteiger partial charge in [-0.3, -0.25) is 14.5 Å². The van der Waals surface area contributed by atoms with Gasteiger partial charge in [0.15, 0.2) is 0 Å². The Morgan fingerprint density at radius 2 is 1.70 bits per heavy atom. The van der Waals surface area contributed by atoms with E-state index in [2.05, 4.69) is 27.7 Å². The highest BCUT2D eigenvalue weighted by atomic mass is 32.1. The normalized spacial score (nSPS) is 14.9. The summed E-state index contributed by atoms with van der Waals surface area (Å²) in [6, 6.07) is 18.8. The minimum absolute atomic E-state index is 0.115. The van der Waals surface area contributed by atoms with Gasteiger partial charge in [-0.25, -0.2) is 0 Å². The van der Waals surface area contributed by atoms with E-state index in [9.17, 15) is 9.59 Å². The highest BCUT2D eigenvalue weighted by Gasteiger charge is 2.23. The van der Waals surface area contributed by atoms with Gasteiger partial charge in [-0.15, -0.1) is 11.3 Å². The van der Waals surface area contributed by atoms with E-state index in [4.69, 9.17) is 4.74 Å². The fraction of sp³-hybridized carbons (Fsp3) is 0.308. The van der Waals surface area contributed by atoms with E-state index in [1.807, 2.05) is 23.6 Å². The number of carbonyl (C=O) groups is 2. The van der Waals surface area contributed by atoms with Gasteiger partial charge < -0.3 is 15.4 Å². The lowest BCUT2D eigenvalue weighted by atomic mass is 10.0. The molecule has 33 heavy (non-hydrogen) atoms. The first-order valence-corrected chi connectivity index (χ1v) is 12.1. The number of amides is 2. The summed E-state index contributed by atoms with van der Waals surface area (Å²) in [6.45, 7) is 2.60. The Balaban J connectivity index is 1.39. The Kier molecular flexibility index (Phi) is 7.75. The predicted octanol–water partition coefficient (Wildman–Crippen LogP) is 4.97. The molecule has 0 bridgehead atoms. The van der Waals surface area contributed by atoms with Crippen molar-refractivity contribution in [3.05, 3.63) is 82.0 Å². The molecule has 6 nitrogen and oxygen atoms in total. The van der Waals surface area contributed by atoms with Crippen molar-refractivity contribution in [2.45, 2.75) is 25.3 Å². The van der Waals surface area contributed by atoms with Crippen molar-refractivity contribution in [2.75, 3.05) is 32.1 Å². The smallest absolute Gasteiger partial charge is 0.265 e. The molecule has 172 valence electrons.